The van der Waals surface area contributed by atoms with Gasteiger partial charge in [-0.15, -0.1) is 0 Å². The van der Waals surface area contributed by atoms with Crippen LogP contribution < -0.4 is 0 Å². The highest BCUT2D eigenvalue weighted by Crippen LogP contribution is 2.57. The molecule has 0 atom stereocenters. The predicted molar refractivity (Wildman–Crippen MR) is 93.3 cm³/mol. The second kappa shape index (κ2) is 5.66. The van der Waals surface area contributed by atoms with Crippen LogP contribution in [0.15, 0.2) is 24.3 Å². The van der Waals surface area contributed by atoms with E-state index in [1.54, 1.807) is 12.1 Å². The molecule has 1 aromatic carbocycles. The van der Waals surface area contributed by atoms with Gasteiger partial charge in [0, 0.05) is 13.2 Å². The first-order valence-corrected chi connectivity index (χ1v) is 9.73. The first-order chi connectivity index (χ1) is 12.1. The van der Waals surface area contributed by atoms with E-state index in [-0.39, 0.29) is 17.4 Å². The lowest BCUT2D eigenvalue weighted by Gasteiger charge is -2.56. The fourth-order valence-electron chi connectivity index (χ4n) is 6.16. The van der Waals surface area contributed by atoms with Crippen molar-refractivity contribution in [3.05, 3.63) is 35.4 Å². The monoisotopic (exact) mass is 339 g/mol. The van der Waals surface area contributed by atoms with Gasteiger partial charge in [-0.2, -0.15) is 0 Å². The molecule has 4 bridgehead atoms. The lowest BCUT2D eigenvalue weighted by atomic mass is 9.54. The summed E-state index contributed by atoms with van der Waals surface area (Å²) in [5, 5.41) is 0. The molecule has 4 fully saturated rings. The number of fused-ring (bicyclic) bond motifs is 1. The van der Waals surface area contributed by atoms with Crippen LogP contribution in [0.5, 0.6) is 0 Å². The summed E-state index contributed by atoms with van der Waals surface area (Å²) in [6.07, 6.45) is 8.66. The fraction of sp³-hybridized carbons (Fsp3) is 0.619. The van der Waals surface area contributed by atoms with E-state index in [0.717, 1.165) is 24.2 Å². The van der Waals surface area contributed by atoms with Crippen LogP contribution in [-0.4, -0.2) is 35.5 Å². The summed E-state index contributed by atoms with van der Waals surface area (Å²) < 4.78 is 6.40. The van der Waals surface area contributed by atoms with Gasteiger partial charge in [-0.05, 0) is 74.8 Å². The molecule has 0 spiro atoms. The highest BCUT2D eigenvalue weighted by Gasteiger charge is 2.51. The first kappa shape index (κ1) is 15.6. The number of carbonyl (C=O) groups is 2. The Balaban J connectivity index is 1.17. The van der Waals surface area contributed by atoms with Crippen LogP contribution in [0.1, 0.15) is 65.7 Å². The van der Waals surface area contributed by atoms with Gasteiger partial charge in [-0.25, -0.2) is 0 Å². The molecule has 4 aliphatic carbocycles. The Hall–Kier alpha value is -1.68. The number of hydrogen-bond donors (Lipinski definition) is 0. The third-order valence-corrected chi connectivity index (χ3v) is 6.79. The van der Waals surface area contributed by atoms with Crippen LogP contribution in [0, 0.1) is 17.8 Å². The number of amides is 2. The van der Waals surface area contributed by atoms with Crippen molar-refractivity contribution in [3.8, 4) is 0 Å². The number of rotatable bonds is 5. The largest absolute Gasteiger partial charge is 0.375 e. The molecule has 5 aliphatic rings. The van der Waals surface area contributed by atoms with Gasteiger partial charge >= 0.3 is 0 Å². The number of carbonyl (C=O) groups excluding carboxylic acids is 2. The van der Waals surface area contributed by atoms with Gasteiger partial charge in [0.25, 0.3) is 11.8 Å². The summed E-state index contributed by atoms with van der Waals surface area (Å²) in [6.45, 7) is 1.11. The maximum atomic E-state index is 12.4. The molecule has 132 valence electrons. The van der Waals surface area contributed by atoms with Crippen molar-refractivity contribution in [3.63, 3.8) is 0 Å². The highest BCUT2D eigenvalue weighted by atomic mass is 16.5. The zero-order valence-corrected chi connectivity index (χ0v) is 14.6. The van der Waals surface area contributed by atoms with Crippen LogP contribution in [0.2, 0.25) is 0 Å². The summed E-state index contributed by atoms with van der Waals surface area (Å²) in [5.41, 5.74) is 1.18. The van der Waals surface area contributed by atoms with E-state index in [9.17, 15) is 9.59 Å². The van der Waals surface area contributed by atoms with Gasteiger partial charge in [-0.3, -0.25) is 14.5 Å². The van der Waals surface area contributed by atoms with Gasteiger partial charge in [-0.1, -0.05) is 12.1 Å². The van der Waals surface area contributed by atoms with Crippen LogP contribution in [0.3, 0.4) is 0 Å². The average Bonchev–Trinajstić information content (AvgIpc) is 2.82. The second-order valence-electron chi connectivity index (χ2n) is 8.61. The van der Waals surface area contributed by atoms with Crippen molar-refractivity contribution >= 4 is 11.8 Å². The Kier molecular flexibility index (Phi) is 3.53. The molecular weight excluding hydrogens is 314 g/mol. The second-order valence-corrected chi connectivity index (χ2v) is 8.61. The van der Waals surface area contributed by atoms with Crippen LogP contribution >= 0.6 is 0 Å². The molecule has 1 aromatic rings. The molecule has 0 N–H and O–H groups in total. The number of ether oxygens (including phenoxy) is 1. The smallest absolute Gasteiger partial charge is 0.261 e. The van der Waals surface area contributed by atoms with Gasteiger partial charge < -0.3 is 4.74 Å². The molecule has 4 saturated carbocycles. The van der Waals surface area contributed by atoms with Gasteiger partial charge in [0.05, 0.1) is 16.7 Å². The first-order valence-electron chi connectivity index (χ1n) is 9.73. The third kappa shape index (κ3) is 2.53. The van der Waals surface area contributed by atoms with E-state index in [0.29, 0.717) is 24.3 Å². The Labute approximate surface area is 148 Å². The fourth-order valence-corrected chi connectivity index (χ4v) is 6.16. The van der Waals surface area contributed by atoms with E-state index in [4.69, 9.17) is 4.74 Å². The minimum Gasteiger partial charge on any atom is -0.375 e. The van der Waals surface area contributed by atoms with Gasteiger partial charge in [0.2, 0.25) is 0 Å². The van der Waals surface area contributed by atoms with Crippen LogP contribution in [0.25, 0.3) is 0 Å². The summed E-state index contributed by atoms with van der Waals surface area (Å²) in [6, 6.07) is 7.09. The van der Waals surface area contributed by atoms with Crippen LogP contribution in [0.4, 0.5) is 0 Å². The molecule has 25 heavy (non-hydrogen) atoms. The third-order valence-electron chi connectivity index (χ3n) is 6.79. The topological polar surface area (TPSA) is 46.6 Å². The summed E-state index contributed by atoms with van der Waals surface area (Å²) in [5.74, 6) is 2.32. The molecule has 0 unspecified atom stereocenters. The molecule has 1 aliphatic heterocycles. The van der Waals surface area contributed by atoms with E-state index >= 15 is 0 Å². The number of nitrogens with zero attached hydrogens (tertiary/aromatic N) is 1. The Bertz CT molecular complexity index is 655. The van der Waals surface area contributed by atoms with Gasteiger partial charge in [0.15, 0.2) is 0 Å². The van der Waals surface area contributed by atoms with Crippen molar-refractivity contribution in [1.29, 1.82) is 0 Å². The number of benzene rings is 1. The molecule has 6 rings (SSSR count). The van der Waals surface area contributed by atoms with E-state index < -0.39 is 0 Å². The SMILES string of the molecule is O=C1c2ccccc2C(=O)N1CCCOC12CC3CC(CC(C3)C1)C2. The molecule has 0 saturated heterocycles. The molecule has 0 radical (unpaired) electrons. The average molecular weight is 339 g/mol. The summed E-state index contributed by atoms with van der Waals surface area (Å²) in [7, 11) is 0. The van der Waals surface area contributed by atoms with E-state index in [1.807, 2.05) is 12.1 Å². The minimum absolute atomic E-state index is 0.108. The highest BCUT2D eigenvalue weighted by molar-refractivity contribution is 6.21. The van der Waals surface area contributed by atoms with Crippen LogP contribution in [-0.2, 0) is 4.74 Å². The maximum Gasteiger partial charge on any atom is 0.261 e. The molecule has 1 heterocycles. The Morgan fingerprint density at radius 3 is 1.96 bits per heavy atom. The summed E-state index contributed by atoms with van der Waals surface area (Å²) >= 11 is 0. The maximum absolute atomic E-state index is 12.4. The molecule has 2 amide bonds. The van der Waals surface area contributed by atoms with Crippen molar-refractivity contribution in [2.24, 2.45) is 17.8 Å². The van der Waals surface area contributed by atoms with Gasteiger partial charge in [0.1, 0.15) is 0 Å². The van der Waals surface area contributed by atoms with Crippen molar-refractivity contribution in [1.82, 2.24) is 4.90 Å². The Morgan fingerprint density at radius 2 is 1.44 bits per heavy atom. The number of hydrogen-bond acceptors (Lipinski definition) is 3. The minimum atomic E-state index is -0.157. The Morgan fingerprint density at radius 1 is 0.920 bits per heavy atom. The molecule has 4 nitrogen and oxygen atoms in total. The van der Waals surface area contributed by atoms with E-state index in [2.05, 4.69) is 0 Å². The zero-order chi connectivity index (χ0) is 17.0. The lowest BCUT2D eigenvalue weighted by molar-refractivity contribution is -0.162. The van der Waals surface area contributed by atoms with Crippen molar-refractivity contribution in [2.45, 2.75) is 50.5 Å². The normalized spacial score (nSPS) is 35.5. The summed E-state index contributed by atoms with van der Waals surface area (Å²) in [4.78, 5) is 26.2. The quantitative estimate of drug-likeness (QED) is 0.607. The predicted octanol–water partition coefficient (Wildman–Crippen LogP) is 3.66. The van der Waals surface area contributed by atoms with E-state index in [1.165, 1.54) is 43.4 Å². The molecular formula is C21H25NO3. The number of imide groups is 1. The molecule has 0 aromatic heterocycles. The lowest BCUT2D eigenvalue weighted by Crippen LogP contribution is -2.52. The van der Waals surface area contributed by atoms with Crippen molar-refractivity contribution < 1.29 is 14.3 Å². The standard InChI is InChI=1S/C21H25NO3/c23-19-17-4-1-2-5-18(17)20(24)22(19)6-3-7-25-21-11-14-8-15(12-21)10-16(9-14)13-21/h1-2,4-5,14-16H,3,6-13H2. The zero-order valence-electron chi connectivity index (χ0n) is 14.6. The van der Waals surface area contributed by atoms with Crippen molar-refractivity contribution in [2.75, 3.05) is 13.2 Å². The molecule has 4 heteroatoms.